The van der Waals surface area contributed by atoms with Crippen molar-refractivity contribution in [1.29, 1.82) is 0 Å². The van der Waals surface area contributed by atoms with Gasteiger partial charge in [0.05, 0.1) is 26.9 Å². The highest BCUT2D eigenvalue weighted by molar-refractivity contribution is 6.06. The van der Waals surface area contributed by atoms with Crippen molar-refractivity contribution >= 4 is 11.6 Å². The zero-order chi connectivity index (χ0) is 19.9. The number of hydrogen-bond acceptors (Lipinski definition) is 4. The molecule has 0 aliphatic carbocycles. The Balaban J connectivity index is 1.84. The van der Waals surface area contributed by atoms with E-state index in [9.17, 15) is 4.79 Å². The summed E-state index contributed by atoms with van der Waals surface area (Å²) in [6.45, 7) is 0. The van der Waals surface area contributed by atoms with Crippen LogP contribution in [0, 0.1) is 0 Å². The van der Waals surface area contributed by atoms with Crippen LogP contribution in [0.5, 0.6) is 17.2 Å². The summed E-state index contributed by atoms with van der Waals surface area (Å²) in [5.74, 6) is 1.61. The van der Waals surface area contributed by atoms with Gasteiger partial charge in [0.25, 0.3) is 5.91 Å². The predicted octanol–water partition coefficient (Wildman–Crippen LogP) is 4.56. The van der Waals surface area contributed by atoms with Gasteiger partial charge in [0.2, 0.25) is 0 Å². The molecule has 0 atom stereocenters. The number of methoxy groups -OCH3 is 3. The Hall–Kier alpha value is -3.47. The molecule has 0 saturated heterocycles. The molecule has 0 radical (unpaired) electrons. The van der Waals surface area contributed by atoms with Crippen molar-refractivity contribution < 1.29 is 19.0 Å². The number of nitrogens with one attached hydrogen (secondary N) is 1. The molecule has 28 heavy (non-hydrogen) atoms. The monoisotopic (exact) mass is 377 g/mol. The maximum absolute atomic E-state index is 12.8. The van der Waals surface area contributed by atoms with Crippen LogP contribution < -0.4 is 19.5 Å². The Morgan fingerprint density at radius 3 is 2.25 bits per heavy atom. The van der Waals surface area contributed by atoms with Crippen molar-refractivity contribution in [1.82, 2.24) is 0 Å². The molecule has 0 unspecified atom stereocenters. The Morgan fingerprint density at radius 1 is 0.821 bits per heavy atom. The largest absolute Gasteiger partial charge is 0.497 e. The molecule has 0 bridgehead atoms. The molecule has 0 aliphatic rings. The lowest BCUT2D eigenvalue weighted by molar-refractivity contribution is 0.102. The average Bonchev–Trinajstić information content (AvgIpc) is 2.74. The minimum absolute atomic E-state index is 0.254. The Morgan fingerprint density at radius 2 is 1.57 bits per heavy atom. The lowest BCUT2D eigenvalue weighted by Gasteiger charge is -2.13. The number of carbonyl (C=O) groups is 1. The fourth-order valence-electron chi connectivity index (χ4n) is 2.99. The highest BCUT2D eigenvalue weighted by atomic mass is 16.5. The summed E-state index contributed by atoms with van der Waals surface area (Å²) in [4.78, 5) is 12.8. The highest BCUT2D eigenvalue weighted by Crippen LogP contribution is 2.28. The van der Waals surface area contributed by atoms with E-state index in [1.807, 2.05) is 36.4 Å². The Bertz CT molecular complexity index is 954. The molecule has 144 valence electrons. The molecular weight excluding hydrogens is 354 g/mol. The maximum Gasteiger partial charge on any atom is 0.259 e. The van der Waals surface area contributed by atoms with E-state index in [-0.39, 0.29) is 5.91 Å². The van der Waals surface area contributed by atoms with Crippen molar-refractivity contribution in [3.63, 3.8) is 0 Å². The van der Waals surface area contributed by atoms with E-state index in [1.54, 1.807) is 32.4 Å². The van der Waals surface area contributed by atoms with E-state index < -0.39 is 0 Å². The molecule has 1 amide bonds. The van der Waals surface area contributed by atoms with Gasteiger partial charge in [-0.3, -0.25) is 4.79 Å². The lowest BCUT2D eigenvalue weighted by atomic mass is 10.0. The zero-order valence-corrected chi connectivity index (χ0v) is 16.2. The summed E-state index contributed by atoms with van der Waals surface area (Å²) < 4.78 is 16.0. The number of ether oxygens (including phenoxy) is 3. The molecular formula is C23H23NO4. The normalized spacial score (nSPS) is 10.2. The summed E-state index contributed by atoms with van der Waals surface area (Å²) in [5, 5.41) is 2.93. The van der Waals surface area contributed by atoms with E-state index in [2.05, 4.69) is 17.4 Å². The van der Waals surface area contributed by atoms with Gasteiger partial charge in [0.1, 0.15) is 17.2 Å². The van der Waals surface area contributed by atoms with Crippen molar-refractivity contribution in [3.05, 3.63) is 83.4 Å². The number of amides is 1. The van der Waals surface area contributed by atoms with E-state index in [0.29, 0.717) is 29.2 Å². The first-order chi connectivity index (χ1) is 13.6. The van der Waals surface area contributed by atoms with E-state index in [0.717, 1.165) is 11.3 Å². The van der Waals surface area contributed by atoms with Crippen molar-refractivity contribution in [2.45, 2.75) is 6.42 Å². The van der Waals surface area contributed by atoms with Gasteiger partial charge in [-0.1, -0.05) is 30.3 Å². The van der Waals surface area contributed by atoms with Gasteiger partial charge < -0.3 is 19.5 Å². The van der Waals surface area contributed by atoms with Crippen LogP contribution in [0.1, 0.15) is 21.5 Å². The SMILES string of the molecule is COc1ccc(C(=O)Nc2ccc(OC)c(Cc3ccccc3)c2)c(OC)c1. The van der Waals surface area contributed by atoms with Crippen LogP contribution in [0.3, 0.4) is 0 Å². The minimum Gasteiger partial charge on any atom is -0.497 e. The molecule has 0 aromatic heterocycles. The van der Waals surface area contributed by atoms with Crippen molar-refractivity contribution in [3.8, 4) is 17.2 Å². The zero-order valence-electron chi connectivity index (χ0n) is 16.2. The highest BCUT2D eigenvalue weighted by Gasteiger charge is 2.15. The van der Waals surface area contributed by atoms with Gasteiger partial charge in [-0.25, -0.2) is 0 Å². The predicted molar refractivity (Wildman–Crippen MR) is 110 cm³/mol. The average molecular weight is 377 g/mol. The molecule has 3 aromatic carbocycles. The number of benzene rings is 3. The number of rotatable bonds is 7. The quantitative estimate of drug-likeness (QED) is 0.656. The molecule has 0 spiro atoms. The molecule has 0 saturated carbocycles. The third-order valence-corrected chi connectivity index (χ3v) is 4.43. The fourth-order valence-corrected chi connectivity index (χ4v) is 2.99. The van der Waals surface area contributed by atoms with Crippen LogP contribution in [0.4, 0.5) is 5.69 Å². The summed E-state index contributed by atoms with van der Waals surface area (Å²) in [6, 6.07) is 20.8. The molecule has 1 N–H and O–H groups in total. The fraction of sp³-hybridized carbons (Fsp3) is 0.174. The number of hydrogen-bond donors (Lipinski definition) is 1. The number of carbonyl (C=O) groups excluding carboxylic acids is 1. The first-order valence-corrected chi connectivity index (χ1v) is 8.89. The summed E-state index contributed by atoms with van der Waals surface area (Å²) in [6.07, 6.45) is 0.708. The molecule has 5 heteroatoms. The molecule has 5 nitrogen and oxygen atoms in total. The Labute approximate surface area is 164 Å². The van der Waals surface area contributed by atoms with Crippen LogP contribution in [0.15, 0.2) is 66.7 Å². The minimum atomic E-state index is -0.254. The molecule has 0 aliphatic heterocycles. The van der Waals surface area contributed by atoms with Crippen LogP contribution in [0.25, 0.3) is 0 Å². The van der Waals surface area contributed by atoms with Gasteiger partial charge in [-0.15, -0.1) is 0 Å². The van der Waals surface area contributed by atoms with Crippen LogP contribution in [-0.4, -0.2) is 27.2 Å². The second-order valence-corrected chi connectivity index (χ2v) is 6.21. The summed E-state index contributed by atoms with van der Waals surface area (Å²) >= 11 is 0. The second-order valence-electron chi connectivity index (χ2n) is 6.21. The van der Waals surface area contributed by atoms with Gasteiger partial charge in [-0.05, 0) is 35.9 Å². The molecule has 0 heterocycles. The molecule has 0 fully saturated rings. The smallest absolute Gasteiger partial charge is 0.259 e. The Kier molecular flexibility index (Phi) is 6.17. The van der Waals surface area contributed by atoms with Gasteiger partial charge >= 0.3 is 0 Å². The first-order valence-electron chi connectivity index (χ1n) is 8.89. The lowest BCUT2D eigenvalue weighted by Crippen LogP contribution is -2.13. The first kappa shape index (κ1) is 19.3. The standard InChI is InChI=1S/C23H23NO4/c1-26-19-10-11-20(22(15-19)28-3)23(25)24-18-9-12-21(27-2)17(14-18)13-16-7-5-4-6-8-16/h4-12,14-15H,13H2,1-3H3,(H,24,25). The van der Waals surface area contributed by atoms with Crippen LogP contribution in [-0.2, 0) is 6.42 Å². The van der Waals surface area contributed by atoms with Gasteiger partial charge in [0, 0.05) is 23.7 Å². The second kappa shape index (κ2) is 8.95. The third-order valence-electron chi connectivity index (χ3n) is 4.43. The van der Waals surface area contributed by atoms with Crippen LogP contribution in [0.2, 0.25) is 0 Å². The van der Waals surface area contributed by atoms with E-state index in [1.165, 1.54) is 12.7 Å². The van der Waals surface area contributed by atoms with E-state index >= 15 is 0 Å². The molecule has 3 rings (SSSR count). The number of anilines is 1. The van der Waals surface area contributed by atoms with E-state index in [4.69, 9.17) is 14.2 Å². The summed E-state index contributed by atoms with van der Waals surface area (Å²) in [5.41, 5.74) is 3.28. The summed E-state index contributed by atoms with van der Waals surface area (Å²) in [7, 11) is 4.74. The van der Waals surface area contributed by atoms with Gasteiger partial charge in [-0.2, -0.15) is 0 Å². The van der Waals surface area contributed by atoms with Crippen molar-refractivity contribution in [2.75, 3.05) is 26.6 Å². The van der Waals surface area contributed by atoms with Crippen LogP contribution >= 0.6 is 0 Å². The molecule has 3 aromatic rings. The van der Waals surface area contributed by atoms with Crippen molar-refractivity contribution in [2.24, 2.45) is 0 Å². The third kappa shape index (κ3) is 4.43. The maximum atomic E-state index is 12.8. The topological polar surface area (TPSA) is 56.8 Å². The van der Waals surface area contributed by atoms with Gasteiger partial charge in [0.15, 0.2) is 0 Å².